The molecule has 0 saturated carbocycles. The fourth-order valence-corrected chi connectivity index (χ4v) is 7.97. The van der Waals surface area contributed by atoms with Gasteiger partial charge in [-0.05, 0) is 88.8 Å². The van der Waals surface area contributed by atoms with Crippen LogP contribution in [0.2, 0.25) is 0 Å². The molecular weight excluding hydrogens is 970 g/mol. The smallest absolute Gasteiger partial charge is 0.340 e. The molecule has 6 nitrogen and oxygen atoms in total. The minimum atomic E-state index is -0.293. The SMILES string of the molecule is Cc1cc(C)c(-n2ccnc2-c2[c-]cc(F)cc2)c(C)c1.Cc1cc(C)c(-n2ccnc2-c2[c-]cc(F)cc2)c(C)c1.Cc1cccc(C)c1-n1ccnc1-c1[c-]cc(F)cc1.[Ir+3]. The van der Waals surface area contributed by atoms with Crippen molar-refractivity contribution in [2.24, 2.45) is 0 Å². The molecule has 0 unspecified atom stereocenters. The van der Waals surface area contributed by atoms with Crippen LogP contribution in [0.5, 0.6) is 0 Å². The van der Waals surface area contributed by atoms with E-state index >= 15 is 0 Å². The van der Waals surface area contributed by atoms with Crippen molar-refractivity contribution in [3.05, 3.63) is 214 Å². The van der Waals surface area contributed by atoms with Gasteiger partial charge in [-0.1, -0.05) is 53.6 Å². The Morgan fingerprint density at radius 1 is 0.397 bits per heavy atom. The number of hydrogen-bond acceptors (Lipinski definition) is 3. The Hall–Kier alpha value is -6.61. The quantitative estimate of drug-likeness (QED) is 0.156. The third-order valence-electron chi connectivity index (χ3n) is 10.4. The van der Waals surface area contributed by atoms with Gasteiger partial charge in [0.15, 0.2) is 0 Å². The predicted molar refractivity (Wildman–Crippen MR) is 241 cm³/mol. The summed E-state index contributed by atoms with van der Waals surface area (Å²) in [5.74, 6) is 1.43. The first kappa shape index (κ1) is 45.9. The molecule has 0 aliphatic heterocycles. The molecule has 0 N–H and O–H groups in total. The number of benzene rings is 6. The Balaban J connectivity index is 0.000000156. The van der Waals surface area contributed by atoms with E-state index in [1.54, 1.807) is 36.8 Å². The van der Waals surface area contributed by atoms with Crippen LogP contribution in [0.25, 0.3) is 51.2 Å². The summed E-state index contributed by atoms with van der Waals surface area (Å²) in [6.07, 6.45) is 11.0. The van der Waals surface area contributed by atoms with Crippen LogP contribution in [-0.4, -0.2) is 28.7 Å². The molecule has 6 aromatic carbocycles. The summed E-state index contributed by atoms with van der Waals surface area (Å²) in [5, 5.41) is 0. The zero-order valence-corrected chi connectivity index (χ0v) is 38.7. The van der Waals surface area contributed by atoms with Crippen LogP contribution in [0.3, 0.4) is 0 Å². The van der Waals surface area contributed by atoms with Crippen LogP contribution in [0.15, 0.2) is 134 Å². The number of nitrogens with zero attached hydrogens (tertiary/aromatic N) is 6. The van der Waals surface area contributed by atoms with Crippen LogP contribution in [0.1, 0.15) is 44.5 Å². The molecule has 3 heterocycles. The number of imidazole rings is 3. The van der Waals surface area contributed by atoms with E-state index in [9.17, 15) is 13.2 Å². The Morgan fingerprint density at radius 2 is 0.683 bits per heavy atom. The number of halogens is 3. The van der Waals surface area contributed by atoms with Crippen molar-refractivity contribution in [1.82, 2.24) is 28.7 Å². The maximum absolute atomic E-state index is 13.1. The normalized spacial score (nSPS) is 10.7. The van der Waals surface area contributed by atoms with E-state index in [0.717, 1.165) is 51.2 Å². The third kappa shape index (κ3) is 10.4. The van der Waals surface area contributed by atoms with Gasteiger partial charge in [-0.2, -0.15) is 0 Å². The van der Waals surface area contributed by atoms with E-state index in [2.05, 4.69) is 125 Å². The molecule has 0 aliphatic carbocycles. The maximum Gasteiger partial charge on any atom is 3.00 e. The van der Waals surface area contributed by atoms with Crippen molar-refractivity contribution in [3.63, 3.8) is 0 Å². The Bertz CT molecular complexity index is 2760. The molecule has 0 spiro atoms. The molecule has 0 aliphatic rings. The van der Waals surface area contributed by atoms with Crippen molar-refractivity contribution in [2.75, 3.05) is 0 Å². The number of aryl methyl sites for hydroxylation is 8. The molecule has 0 fully saturated rings. The van der Waals surface area contributed by atoms with Gasteiger partial charge in [0, 0.05) is 71.7 Å². The molecule has 0 bridgehead atoms. The molecule has 9 aromatic rings. The minimum Gasteiger partial charge on any atom is -0.340 e. The summed E-state index contributed by atoms with van der Waals surface area (Å²) < 4.78 is 45.2. The zero-order valence-electron chi connectivity index (χ0n) is 36.4. The number of rotatable bonds is 6. The molecular formula is C53H46F3IrN6. The second-order valence-corrected chi connectivity index (χ2v) is 15.4. The molecule has 9 rings (SSSR count). The summed E-state index contributed by atoms with van der Waals surface area (Å²) in [5.41, 5.74) is 15.3. The molecule has 0 atom stereocenters. The molecule has 318 valence electrons. The number of aromatic nitrogens is 6. The van der Waals surface area contributed by atoms with E-state index in [1.165, 1.54) is 80.9 Å². The average molecular weight is 1020 g/mol. The summed E-state index contributed by atoms with van der Waals surface area (Å²) in [6, 6.07) is 37.0. The van der Waals surface area contributed by atoms with E-state index in [4.69, 9.17) is 0 Å². The average Bonchev–Trinajstić information content (AvgIpc) is 4.02. The van der Waals surface area contributed by atoms with E-state index < -0.39 is 0 Å². The van der Waals surface area contributed by atoms with Crippen molar-refractivity contribution >= 4 is 0 Å². The van der Waals surface area contributed by atoms with Gasteiger partial charge < -0.3 is 13.7 Å². The minimum absolute atomic E-state index is 0. The maximum atomic E-state index is 13.1. The zero-order chi connectivity index (χ0) is 44.1. The van der Waals surface area contributed by atoms with Gasteiger partial charge in [0.2, 0.25) is 0 Å². The first-order valence-electron chi connectivity index (χ1n) is 20.1. The fourth-order valence-electron chi connectivity index (χ4n) is 7.97. The molecule has 63 heavy (non-hydrogen) atoms. The second-order valence-electron chi connectivity index (χ2n) is 15.4. The van der Waals surface area contributed by atoms with E-state index in [0.29, 0.717) is 0 Å². The summed E-state index contributed by atoms with van der Waals surface area (Å²) in [4.78, 5) is 13.2. The van der Waals surface area contributed by atoms with Gasteiger partial charge in [0.1, 0.15) is 0 Å². The van der Waals surface area contributed by atoms with Crippen LogP contribution < -0.4 is 0 Å². The molecule has 0 amide bonds. The fraction of sp³-hybridized carbons (Fsp3) is 0.151. The topological polar surface area (TPSA) is 53.5 Å². The molecule has 3 aromatic heterocycles. The Morgan fingerprint density at radius 3 is 0.952 bits per heavy atom. The van der Waals surface area contributed by atoms with Gasteiger partial charge in [0.25, 0.3) is 0 Å². The number of hydrogen-bond donors (Lipinski definition) is 0. The van der Waals surface area contributed by atoms with Crippen molar-refractivity contribution in [1.29, 1.82) is 0 Å². The summed E-state index contributed by atoms with van der Waals surface area (Å²) in [7, 11) is 0. The molecule has 0 saturated heterocycles. The van der Waals surface area contributed by atoms with Crippen molar-refractivity contribution in [2.45, 2.75) is 55.4 Å². The van der Waals surface area contributed by atoms with Crippen LogP contribution >= 0.6 is 0 Å². The number of para-hydroxylation sites is 1. The second kappa shape index (κ2) is 20.1. The standard InChI is InChI=1S/2C18H16FN2.C17H14FN2.Ir/c2*1-12-10-13(2)17(14(3)11-12)21-9-8-20-18(21)15-4-6-16(19)7-5-15;1-12-4-3-5-13(2)16(12)20-11-10-19-17(20)14-6-8-15(18)9-7-14;/h2*4,6-11H,1-3H3;3-6,8-11H,1-2H3;/q3*-1;+3. The monoisotopic (exact) mass is 1020 g/mol. The largest absolute Gasteiger partial charge is 3.00 e. The Kier molecular flexibility index (Phi) is 14.6. The van der Waals surface area contributed by atoms with Gasteiger partial charge in [-0.15, -0.1) is 89.5 Å². The molecule has 0 radical (unpaired) electrons. The van der Waals surface area contributed by atoms with Gasteiger partial charge >= 0.3 is 20.1 Å². The van der Waals surface area contributed by atoms with Crippen molar-refractivity contribution in [3.8, 4) is 51.2 Å². The first-order valence-corrected chi connectivity index (χ1v) is 20.1. The van der Waals surface area contributed by atoms with Crippen LogP contribution in [0.4, 0.5) is 13.2 Å². The van der Waals surface area contributed by atoms with Gasteiger partial charge in [0.05, 0.1) is 17.5 Å². The summed E-state index contributed by atoms with van der Waals surface area (Å²) >= 11 is 0. The van der Waals surface area contributed by atoms with E-state index in [-0.39, 0.29) is 37.6 Å². The van der Waals surface area contributed by atoms with Crippen molar-refractivity contribution < 1.29 is 33.3 Å². The molecule has 10 heteroatoms. The first-order chi connectivity index (χ1) is 29.8. The van der Waals surface area contributed by atoms with E-state index in [1.807, 2.05) is 38.4 Å². The van der Waals surface area contributed by atoms with Crippen LogP contribution in [0, 0.1) is 91.0 Å². The van der Waals surface area contributed by atoms with Gasteiger partial charge in [-0.25, -0.2) is 0 Å². The third-order valence-corrected chi connectivity index (χ3v) is 10.4. The Labute approximate surface area is 381 Å². The van der Waals surface area contributed by atoms with Gasteiger partial charge in [-0.3, -0.25) is 28.1 Å². The summed E-state index contributed by atoms with van der Waals surface area (Å²) in [6.45, 7) is 16.7. The van der Waals surface area contributed by atoms with Crippen LogP contribution in [-0.2, 0) is 20.1 Å². The predicted octanol–water partition coefficient (Wildman–Crippen LogP) is 12.9.